The summed E-state index contributed by atoms with van der Waals surface area (Å²) in [5.41, 5.74) is 5.21. The van der Waals surface area contributed by atoms with Crippen LogP contribution in [-0.4, -0.2) is 28.7 Å². The van der Waals surface area contributed by atoms with Gasteiger partial charge < -0.3 is 10.2 Å². The number of hydrogen-bond donors (Lipinski definition) is 2. The van der Waals surface area contributed by atoms with Crippen LogP contribution in [0.2, 0.25) is 5.02 Å². The minimum atomic E-state index is -1.39. The van der Waals surface area contributed by atoms with Crippen LogP contribution in [0.25, 0.3) is 0 Å². The molecule has 0 spiro atoms. The van der Waals surface area contributed by atoms with E-state index in [1.165, 1.54) is 23.1 Å². The number of Topliss-reactive ketones (excluding diaryl/α,β-unsaturated/α-hetero) is 1. The van der Waals surface area contributed by atoms with Crippen molar-refractivity contribution < 1.29 is 15.0 Å². The molecule has 1 aliphatic carbocycles. The summed E-state index contributed by atoms with van der Waals surface area (Å²) in [6.07, 6.45) is 2.74. The van der Waals surface area contributed by atoms with Gasteiger partial charge in [-0.05, 0) is 66.1 Å². The van der Waals surface area contributed by atoms with E-state index in [9.17, 15) is 9.90 Å². The van der Waals surface area contributed by atoms with Gasteiger partial charge in [-0.3, -0.25) is 4.79 Å². The van der Waals surface area contributed by atoms with Gasteiger partial charge in [0.15, 0.2) is 5.78 Å². The van der Waals surface area contributed by atoms with E-state index in [0.717, 1.165) is 18.4 Å². The van der Waals surface area contributed by atoms with Gasteiger partial charge in [0.25, 0.3) is 0 Å². The first-order valence-electron chi connectivity index (χ1n) is 7.80. The summed E-state index contributed by atoms with van der Waals surface area (Å²) in [5.74, 6) is -0.487. The van der Waals surface area contributed by atoms with Crippen molar-refractivity contribution in [2.45, 2.75) is 31.8 Å². The zero-order valence-corrected chi connectivity index (χ0v) is 13.5. The Hall–Kier alpha value is -1.68. The Bertz CT molecular complexity index is 739. The molecule has 0 saturated heterocycles. The molecule has 2 aromatic carbocycles. The zero-order valence-electron chi connectivity index (χ0n) is 12.8. The molecule has 0 fully saturated rings. The quantitative estimate of drug-likeness (QED) is 0.829. The van der Waals surface area contributed by atoms with Crippen molar-refractivity contribution in [1.82, 2.24) is 0 Å². The number of carbonyl (C=O) groups excluding carboxylic acids is 1. The summed E-state index contributed by atoms with van der Waals surface area (Å²) in [4.78, 5) is 12.0. The second kappa shape index (κ2) is 6.83. The van der Waals surface area contributed by atoms with E-state index in [2.05, 4.69) is 18.2 Å². The lowest BCUT2D eigenvalue weighted by Crippen LogP contribution is -2.24. The standard InChI is InChI=1S/C19H19ClO3/c20-17-7-6-15(19(23)18(22)11-21)10-16(17)9-12-4-5-13-2-1-3-14(13)8-12/h4-8,10,18,21-22H,1-3,9,11H2/t18-/m1/s1. The Morgan fingerprint density at radius 2 is 1.91 bits per heavy atom. The highest BCUT2D eigenvalue weighted by Gasteiger charge is 2.17. The second-order valence-electron chi connectivity index (χ2n) is 6.00. The molecule has 4 heteroatoms. The fourth-order valence-corrected chi connectivity index (χ4v) is 3.28. The molecule has 0 aliphatic heterocycles. The predicted molar refractivity (Wildman–Crippen MR) is 90.1 cm³/mol. The van der Waals surface area contributed by atoms with Crippen LogP contribution in [0, 0.1) is 0 Å². The molecule has 0 bridgehead atoms. The molecule has 0 heterocycles. The molecule has 0 saturated carbocycles. The van der Waals surface area contributed by atoms with Gasteiger partial charge in [0.2, 0.25) is 0 Å². The van der Waals surface area contributed by atoms with E-state index in [1.54, 1.807) is 18.2 Å². The Morgan fingerprint density at radius 1 is 1.13 bits per heavy atom. The molecular formula is C19H19ClO3. The monoisotopic (exact) mass is 330 g/mol. The van der Waals surface area contributed by atoms with Gasteiger partial charge in [-0.15, -0.1) is 0 Å². The molecule has 0 radical (unpaired) electrons. The van der Waals surface area contributed by atoms with Crippen molar-refractivity contribution in [1.29, 1.82) is 0 Å². The number of carbonyl (C=O) groups is 1. The minimum Gasteiger partial charge on any atom is -0.393 e. The van der Waals surface area contributed by atoms with E-state index < -0.39 is 18.5 Å². The van der Waals surface area contributed by atoms with Gasteiger partial charge in [0.1, 0.15) is 6.10 Å². The van der Waals surface area contributed by atoms with E-state index in [0.29, 0.717) is 17.0 Å². The highest BCUT2D eigenvalue weighted by Crippen LogP contribution is 2.26. The first-order valence-corrected chi connectivity index (χ1v) is 8.18. The normalized spacial score (nSPS) is 14.6. The predicted octanol–water partition coefficient (Wildman–Crippen LogP) is 2.96. The summed E-state index contributed by atoms with van der Waals surface area (Å²) >= 11 is 6.26. The zero-order chi connectivity index (χ0) is 16.4. The van der Waals surface area contributed by atoms with Crippen LogP contribution in [0.1, 0.15) is 39.0 Å². The van der Waals surface area contributed by atoms with Crippen LogP contribution >= 0.6 is 11.6 Å². The van der Waals surface area contributed by atoms with Crippen molar-refractivity contribution in [3.63, 3.8) is 0 Å². The summed E-state index contributed by atoms with van der Waals surface area (Å²) in [6.45, 7) is -0.582. The lowest BCUT2D eigenvalue weighted by atomic mass is 9.97. The third-order valence-electron chi connectivity index (χ3n) is 4.36. The molecule has 3 rings (SSSR count). The maximum absolute atomic E-state index is 12.0. The Balaban J connectivity index is 1.86. The van der Waals surface area contributed by atoms with Crippen LogP contribution in [0.4, 0.5) is 0 Å². The Labute approximate surface area is 140 Å². The third kappa shape index (κ3) is 3.47. The average Bonchev–Trinajstić information content (AvgIpc) is 3.03. The third-order valence-corrected chi connectivity index (χ3v) is 4.73. The topological polar surface area (TPSA) is 57.5 Å². The number of ketones is 1. The first-order chi connectivity index (χ1) is 11.1. The second-order valence-corrected chi connectivity index (χ2v) is 6.41. The van der Waals surface area contributed by atoms with Crippen molar-refractivity contribution in [3.8, 4) is 0 Å². The Kier molecular flexibility index (Phi) is 4.81. The van der Waals surface area contributed by atoms with Gasteiger partial charge in [0.05, 0.1) is 6.61 Å². The highest BCUT2D eigenvalue weighted by molar-refractivity contribution is 6.31. The Morgan fingerprint density at radius 3 is 2.70 bits per heavy atom. The number of aliphatic hydroxyl groups is 2. The van der Waals surface area contributed by atoms with Gasteiger partial charge >= 0.3 is 0 Å². The SMILES string of the molecule is O=C(c1ccc(Cl)c(Cc2ccc3c(c2)CCC3)c1)[C@H](O)CO. The number of aryl methyl sites for hydroxylation is 2. The molecule has 1 atom stereocenters. The number of halogens is 1. The lowest BCUT2D eigenvalue weighted by Gasteiger charge is -2.11. The van der Waals surface area contributed by atoms with E-state index >= 15 is 0 Å². The number of fused-ring (bicyclic) bond motifs is 1. The molecule has 1 aliphatic rings. The van der Waals surface area contributed by atoms with Crippen molar-refractivity contribution in [2.75, 3.05) is 6.61 Å². The van der Waals surface area contributed by atoms with Gasteiger partial charge in [-0.25, -0.2) is 0 Å². The van der Waals surface area contributed by atoms with Crippen molar-refractivity contribution >= 4 is 17.4 Å². The molecular weight excluding hydrogens is 312 g/mol. The van der Waals surface area contributed by atoms with Gasteiger partial charge in [-0.1, -0.05) is 29.8 Å². The number of rotatable bonds is 5. The molecule has 2 aromatic rings. The average molecular weight is 331 g/mol. The largest absolute Gasteiger partial charge is 0.393 e. The van der Waals surface area contributed by atoms with Crippen molar-refractivity contribution in [3.05, 3.63) is 69.2 Å². The fourth-order valence-electron chi connectivity index (χ4n) is 3.09. The maximum Gasteiger partial charge on any atom is 0.193 e. The molecule has 23 heavy (non-hydrogen) atoms. The van der Waals surface area contributed by atoms with Crippen LogP contribution in [0.15, 0.2) is 36.4 Å². The maximum atomic E-state index is 12.0. The van der Waals surface area contributed by atoms with Gasteiger partial charge in [-0.2, -0.15) is 0 Å². The molecule has 0 unspecified atom stereocenters. The number of aliphatic hydroxyl groups excluding tert-OH is 2. The minimum absolute atomic E-state index is 0.368. The lowest BCUT2D eigenvalue weighted by molar-refractivity contribution is 0.0587. The van der Waals surface area contributed by atoms with E-state index in [4.69, 9.17) is 16.7 Å². The van der Waals surface area contributed by atoms with Crippen LogP contribution in [-0.2, 0) is 19.3 Å². The van der Waals surface area contributed by atoms with Gasteiger partial charge in [0, 0.05) is 10.6 Å². The molecule has 2 N–H and O–H groups in total. The molecule has 0 aromatic heterocycles. The summed E-state index contributed by atoms with van der Waals surface area (Å²) in [7, 11) is 0. The van der Waals surface area contributed by atoms with Crippen molar-refractivity contribution in [2.24, 2.45) is 0 Å². The van der Waals surface area contributed by atoms with Crippen LogP contribution < -0.4 is 0 Å². The van der Waals surface area contributed by atoms with Crippen LogP contribution in [0.3, 0.4) is 0 Å². The first kappa shape index (κ1) is 16.2. The summed E-state index contributed by atoms with van der Waals surface area (Å²) < 4.78 is 0. The number of benzene rings is 2. The van der Waals surface area contributed by atoms with E-state index in [-0.39, 0.29) is 0 Å². The summed E-state index contributed by atoms with van der Waals surface area (Å²) in [5, 5.41) is 19.0. The molecule has 120 valence electrons. The van der Waals surface area contributed by atoms with E-state index in [1.807, 2.05) is 0 Å². The summed E-state index contributed by atoms with van der Waals surface area (Å²) in [6, 6.07) is 11.5. The number of hydrogen-bond acceptors (Lipinski definition) is 3. The van der Waals surface area contributed by atoms with Crippen LogP contribution in [0.5, 0.6) is 0 Å². The fraction of sp³-hybridized carbons (Fsp3) is 0.316. The molecule has 3 nitrogen and oxygen atoms in total. The highest BCUT2D eigenvalue weighted by atomic mass is 35.5. The molecule has 0 amide bonds. The smallest absolute Gasteiger partial charge is 0.193 e.